The number of nitrogens with one attached hydrogen (secondary N) is 1. The van der Waals surface area contributed by atoms with Crippen molar-refractivity contribution >= 4 is 0 Å². The van der Waals surface area contributed by atoms with Crippen molar-refractivity contribution in [2.45, 2.75) is 19.8 Å². The predicted molar refractivity (Wildman–Crippen MR) is 31.4 cm³/mol. The molecular weight excluding hydrogens is 100 g/mol. The van der Waals surface area contributed by atoms with E-state index in [1.807, 2.05) is 6.20 Å². The van der Waals surface area contributed by atoms with E-state index in [9.17, 15) is 0 Å². The van der Waals surface area contributed by atoms with Gasteiger partial charge in [0.15, 0.2) is 0 Å². The second kappa shape index (κ2) is 2.50. The average Bonchev–Trinajstić information content (AvgIpc) is 2.19. The lowest BCUT2D eigenvalue weighted by atomic mass is 10.2. The number of rotatable bonds is 2. The third kappa shape index (κ3) is 1.09. The molecule has 1 radical (unpaired) electrons. The quantitative estimate of drug-likeness (QED) is 0.606. The fraction of sp³-hybridized carbons (Fsp3) is 0.500. The van der Waals surface area contributed by atoms with Crippen LogP contribution in [-0.4, -0.2) is 10.2 Å². The maximum Gasteiger partial charge on any atom is 0.116 e. The molecular formula is C6H9N2. The molecule has 0 atom stereocenters. The van der Waals surface area contributed by atoms with E-state index < -0.39 is 0 Å². The van der Waals surface area contributed by atoms with Gasteiger partial charge >= 0.3 is 0 Å². The molecule has 0 aliphatic rings. The van der Waals surface area contributed by atoms with E-state index in [0.29, 0.717) is 0 Å². The summed E-state index contributed by atoms with van der Waals surface area (Å²) in [4.78, 5) is 0. The first-order valence-electron chi connectivity index (χ1n) is 2.84. The minimum Gasteiger partial charge on any atom is -0.285 e. The van der Waals surface area contributed by atoms with Crippen LogP contribution in [0, 0.1) is 6.20 Å². The first kappa shape index (κ1) is 5.35. The summed E-state index contributed by atoms with van der Waals surface area (Å²) in [7, 11) is 0. The van der Waals surface area contributed by atoms with Crippen molar-refractivity contribution in [2.24, 2.45) is 0 Å². The third-order valence-electron chi connectivity index (χ3n) is 1.02. The molecule has 2 heteroatoms. The summed E-state index contributed by atoms with van der Waals surface area (Å²) in [5, 5.41) is 6.40. The Kier molecular flexibility index (Phi) is 1.67. The van der Waals surface area contributed by atoms with Gasteiger partial charge in [0.25, 0.3) is 0 Å². The van der Waals surface area contributed by atoms with Crippen molar-refractivity contribution in [1.82, 2.24) is 10.2 Å². The van der Waals surface area contributed by atoms with Crippen molar-refractivity contribution in [3.63, 3.8) is 0 Å². The Morgan fingerprint density at radius 2 is 2.75 bits per heavy atom. The van der Waals surface area contributed by atoms with E-state index in [2.05, 4.69) is 23.3 Å². The standard InChI is InChI=1S/C6H9N2/c1-2-3-6-4-7-8-5-6/h4H,2-3H2,1H3,(H,7,8). The average molecular weight is 109 g/mol. The van der Waals surface area contributed by atoms with Gasteiger partial charge in [-0.3, -0.25) is 5.10 Å². The van der Waals surface area contributed by atoms with Crippen LogP contribution in [-0.2, 0) is 6.42 Å². The summed E-state index contributed by atoms with van der Waals surface area (Å²) in [6.07, 6.45) is 6.95. The third-order valence-corrected chi connectivity index (χ3v) is 1.02. The second-order valence-corrected chi connectivity index (χ2v) is 1.77. The first-order valence-corrected chi connectivity index (χ1v) is 2.84. The van der Waals surface area contributed by atoms with Crippen molar-refractivity contribution in [3.8, 4) is 0 Å². The van der Waals surface area contributed by atoms with Crippen LogP contribution in [0.3, 0.4) is 0 Å². The van der Waals surface area contributed by atoms with Crippen LogP contribution in [0.2, 0.25) is 0 Å². The molecule has 1 N–H and O–H groups in total. The topological polar surface area (TPSA) is 28.7 Å². The van der Waals surface area contributed by atoms with Gasteiger partial charge in [0.05, 0.1) is 0 Å². The predicted octanol–water partition coefficient (Wildman–Crippen LogP) is 1.16. The zero-order valence-electron chi connectivity index (χ0n) is 4.94. The highest BCUT2D eigenvalue weighted by atomic mass is 15.1. The lowest BCUT2D eigenvalue weighted by Gasteiger charge is -1.83. The van der Waals surface area contributed by atoms with Gasteiger partial charge in [0, 0.05) is 6.20 Å². The van der Waals surface area contributed by atoms with Crippen LogP contribution in [0.1, 0.15) is 18.9 Å². The van der Waals surface area contributed by atoms with Crippen LogP contribution in [0.25, 0.3) is 0 Å². The lowest BCUT2D eigenvalue weighted by Crippen LogP contribution is -1.75. The Bertz CT molecular complexity index is 132. The van der Waals surface area contributed by atoms with E-state index in [-0.39, 0.29) is 0 Å². The van der Waals surface area contributed by atoms with Gasteiger partial charge in [-0.15, -0.1) is 0 Å². The first-order chi connectivity index (χ1) is 3.93. The SMILES string of the molecule is CCCc1[c]n[nH]c1. The Labute approximate surface area is 48.9 Å². The van der Waals surface area contributed by atoms with Crippen LogP contribution in [0.5, 0.6) is 0 Å². The molecule has 1 heterocycles. The molecule has 0 unspecified atom stereocenters. The largest absolute Gasteiger partial charge is 0.285 e. The normalized spacial score (nSPS) is 9.62. The molecule has 43 valence electrons. The van der Waals surface area contributed by atoms with Gasteiger partial charge in [-0.2, -0.15) is 5.10 Å². The minimum atomic E-state index is 1.08. The van der Waals surface area contributed by atoms with Crippen LogP contribution >= 0.6 is 0 Å². The molecule has 0 aromatic carbocycles. The maximum atomic E-state index is 3.69. The number of aromatic nitrogens is 2. The van der Waals surface area contributed by atoms with Crippen LogP contribution in [0.4, 0.5) is 0 Å². The number of hydrogen-bond donors (Lipinski definition) is 1. The van der Waals surface area contributed by atoms with E-state index in [4.69, 9.17) is 0 Å². The number of H-pyrrole nitrogens is 1. The summed E-state index contributed by atoms with van der Waals surface area (Å²) in [6.45, 7) is 2.14. The molecule has 8 heavy (non-hydrogen) atoms. The van der Waals surface area contributed by atoms with Gasteiger partial charge in [0.2, 0.25) is 0 Å². The molecule has 0 amide bonds. The summed E-state index contributed by atoms with van der Waals surface area (Å²) in [5.74, 6) is 0. The van der Waals surface area contributed by atoms with Crippen molar-refractivity contribution in [3.05, 3.63) is 18.0 Å². The summed E-state index contributed by atoms with van der Waals surface area (Å²) < 4.78 is 0. The molecule has 1 rings (SSSR count). The fourth-order valence-electron chi connectivity index (χ4n) is 0.644. The fourth-order valence-corrected chi connectivity index (χ4v) is 0.644. The Hall–Kier alpha value is -0.790. The maximum absolute atomic E-state index is 3.69. The van der Waals surface area contributed by atoms with Crippen LogP contribution in [0.15, 0.2) is 6.20 Å². The second-order valence-electron chi connectivity index (χ2n) is 1.77. The number of aromatic amines is 1. The van der Waals surface area contributed by atoms with Gasteiger partial charge in [0.1, 0.15) is 6.20 Å². The van der Waals surface area contributed by atoms with E-state index in [1.165, 1.54) is 5.56 Å². The molecule has 0 aliphatic carbocycles. The smallest absolute Gasteiger partial charge is 0.116 e. The molecule has 0 aliphatic heterocycles. The zero-order valence-corrected chi connectivity index (χ0v) is 4.94. The molecule has 0 saturated heterocycles. The van der Waals surface area contributed by atoms with Gasteiger partial charge in [-0.1, -0.05) is 13.3 Å². The Morgan fingerprint density at radius 3 is 3.25 bits per heavy atom. The number of nitrogens with zero attached hydrogens (tertiary/aromatic N) is 1. The molecule has 0 saturated carbocycles. The molecule has 1 aromatic rings. The molecule has 2 nitrogen and oxygen atoms in total. The molecule has 0 fully saturated rings. The highest BCUT2D eigenvalue weighted by molar-refractivity contribution is 4.99. The summed E-state index contributed by atoms with van der Waals surface area (Å²) in [6, 6.07) is 0. The molecule has 1 aromatic heterocycles. The minimum absolute atomic E-state index is 1.08. The van der Waals surface area contributed by atoms with Gasteiger partial charge < -0.3 is 0 Å². The molecule has 0 bridgehead atoms. The monoisotopic (exact) mass is 109 g/mol. The molecule has 0 spiro atoms. The lowest BCUT2D eigenvalue weighted by molar-refractivity contribution is 0.921. The Morgan fingerprint density at radius 1 is 1.88 bits per heavy atom. The van der Waals surface area contributed by atoms with E-state index in [0.717, 1.165) is 12.8 Å². The zero-order chi connectivity index (χ0) is 5.82. The van der Waals surface area contributed by atoms with E-state index in [1.54, 1.807) is 0 Å². The number of aryl methyl sites for hydroxylation is 1. The Balaban J connectivity index is 2.50. The van der Waals surface area contributed by atoms with Crippen LogP contribution < -0.4 is 0 Å². The number of hydrogen-bond acceptors (Lipinski definition) is 1. The summed E-state index contributed by atoms with van der Waals surface area (Å²) >= 11 is 0. The van der Waals surface area contributed by atoms with Crippen molar-refractivity contribution in [2.75, 3.05) is 0 Å². The highest BCUT2D eigenvalue weighted by Crippen LogP contribution is 1.95. The van der Waals surface area contributed by atoms with Gasteiger partial charge in [-0.05, 0) is 12.0 Å². The van der Waals surface area contributed by atoms with Crippen molar-refractivity contribution < 1.29 is 0 Å². The highest BCUT2D eigenvalue weighted by Gasteiger charge is 1.88. The van der Waals surface area contributed by atoms with E-state index >= 15 is 0 Å². The van der Waals surface area contributed by atoms with Gasteiger partial charge in [-0.25, -0.2) is 0 Å². The van der Waals surface area contributed by atoms with Crippen molar-refractivity contribution in [1.29, 1.82) is 0 Å². The summed E-state index contributed by atoms with van der Waals surface area (Å²) in [5.41, 5.74) is 1.17.